The molecule has 1 aromatic carbocycles. The number of carbonyl (C=O) groups excluding carboxylic acids is 1. The average molecular weight is 296 g/mol. The number of rotatable bonds is 3. The lowest BCUT2D eigenvalue weighted by molar-refractivity contribution is 0.0906. The van der Waals surface area contributed by atoms with Crippen molar-refractivity contribution < 1.29 is 4.79 Å². The first kappa shape index (κ1) is 12.8. The normalized spacial score (nSPS) is 21.4. The van der Waals surface area contributed by atoms with Gasteiger partial charge in [0, 0.05) is 22.5 Å². The standard InChI is InChI=1S/C14H18BrNO/c1-16-9-3-2-4-13(16)10-14(17)11-5-7-12(15)8-6-11/h5-8,13H,2-4,9-10H2,1H3. The molecule has 2 nitrogen and oxygen atoms in total. The molecule has 1 atom stereocenters. The van der Waals surface area contributed by atoms with Gasteiger partial charge in [-0.25, -0.2) is 0 Å². The molecule has 0 bridgehead atoms. The monoisotopic (exact) mass is 295 g/mol. The molecule has 0 amide bonds. The van der Waals surface area contributed by atoms with Crippen LogP contribution in [0.5, 0.6) is 0 Å². The molecule has 92 valence electrons. The van der Waals surface area contributed by atoms with Crippen LogP contribution in [-0.4, -0.2) is 30.3 Å². The molecule has 0 saturated carbocycles. The van der Waals surface area contributed by atoms with E-state index in [2.05, 4.69) is 27.9 Å². The zero-order chi connectivity index (χ0) is 12.3. The van der Waals surface area contributed by atoms with E-state index in [4.69, 9.17) is 0 Å². The molecule has 17 heavy (non-hydrogen) atoms. The van der Waals surface area contributed by atoms with Gasteiger partial charge in [0.15, 0.2) is 5.78 Å². The number of carbonyl (C=O) groups is 1. The average Bonchev–Trinajstić information content (AvgIpc) is 2.33. The maximum Gasteiger partial charge on any atom is 0.164 e. The maximum absolute atomic E-state index is 12.1. The number of halogens is 1. The van der Waals surface area contributed by atoms with Crippen molar-refractivity contribution >= 4 is 21.7 Å². The summed E-state index contributed by atoms with van der Waals surface area (Å²) in [6.07, 6.45) is 4.32. The summed E-state index contributed by atoms with van der Waals surface area (Å²) < 4.78 is 1.02. The molecule has 1 saturated heterocycles. The first-order valence-electron chi connectivity index (χ1n) is 6.16. The molecule has 1 unspecified atom stereocenters. The summed E-state index contributed by atoms with van der Waals surface area (Å²) in [4.78, 5) is 14.4. The van der Waals surface area contributed by atoms with Crippen LogP contribution in [0.25, 0.3) is 0 Å². The Morgan fingerprint density at radius 1 is 1.35 bits per heavy atom. The largest absolute Gasteiger partial charge is 0.303 e. The molecule has 0 spiro atoms. The van der Waals surface area contributed by atoms with Crippen molar-refractivity contribution in [2.75, 3.05) is 13.6 Å². The van der Waals surface area contributed by atoms with Gasteiger partial charge < -0.3 is 4.90 Å². The van der Waals surface area contributed by atoms with Gasteiger partial charge in [0.1, 0.15) is 0 Å². The van der Waals surface area contributed by atoms with Crippen molar-refractivity contribution in [3.8, 4) is 0 Å². The molecule has 1 fully saturated rings. The number of nitrogens with zero attached hydrogens (tertiary/aromatic N) is 1. The second-order valence-electron chi connectivity index (χ2n) is 4.76. The summed E-state index contributed by atoms with van der Waals surface area (Å²) in [5.74, 6) is 0.260. The zero-order valence-corrected chi connectivity index (χ0v) is 11.7. The minimum Gasteiger partial charge on any atom is -0.303 e. The van der Waals surface area contributed by atoms with Crippen molar-refractivity contribution in [1.82, 2.24) is 4.90 Å². The fraction of sp³-hybridized carbons (Fsp3) is 0.500. The first-order chi connectivity index (χ1) is 8.16. The van der Waals surface area contributed by atoms with Gasteiger partial charge >= 0.3 is 0 Å². The Labute approximate surface area is 111 Å². The van der Waals surface area contributed by atoms with E-state index in [1.165, 1.54) is 12.8 Å². The van der Waals surface area contributed by atoms with Gasteiger partial charge in [0.2, 0.25) is 0 Å². The second kappa shape index (κ2) is 5.78. The number of hydrogen-bond donors (Lipinski definition) is 0. The Morgan fingerprint density at radius 3 is 2.71 bits per heavy atom. The third-order valence-corrected chi connectivity index (χ3v) is 4.04. The van der Waals surface area contributed by atoms with Crippen LogP contribution in [-0.2, 0) is 0 Å². The Kier molecular flexibility index (Phi) is 4.35. The van der Waals surface area contributed by atoms with Gasteiger partial charge in [-0.2, -0.15) is 0 Å². The Bertz CT molecular complexity index is 388. The molecule has 1 aliphatic heterocycles. The minimum atomic E-state index is 0.260. The Morgan fingerprint density at radius 2 is 2.06 bits per heavy atom. The first-order valence-corrected chi connectivity index (χ1v) is 6.95. The van der Waals surface area contributed by atoms with E-state index < -0.39 is 0 Å². The molecular formula is C14H18BrNO. The van der Waals surface area contributed by atoms with E-state index in [-0.39, 0.29) is 5.78 Å². The lowest BCUT2D eigenvalue weighted by atomic mass is 9.96. The lowest BCUT2D eigenvalue weighted by Crippen LogP contribution is -2.37. The van der Waals surface area contributed by atoms with Crippen molar-refractivity contribution in [1.29, 1.82) is 0 Å². The van der Waals surface area contributed by atoms with Crippen LogP contribution in [0.15, 0.2) is 28.7 Å². The van der Waals surface area contributed by atoms with Gasteiger partial charge in [-0.15, -0.1) is 0 Å². The van der Waals surface area contributed by atoms with Crippen LogP contribution in [0.4, 0.5) is 0 Å². The molecule has 0 N–H and O–H groups in total. The smallest absolute Gasteiger partial charge is 0.164 e. The number of Topliss-reactive ketones (excluding diaryl/α,β-unsaturated/α-hetero) is 1. The van der Waals surface area contributed by atoms with Crippen LogP contribution in [0.3, 0.4) is 0 Å². The molecule has 1 heterocycles. The van der Waals surface area contributed by atoms with Crippen LogP contribution in [0.1, 0.15) is 36.0 Å². The number of likely N-dealkylation sites (tertiary alicyclic amines) is 1. The predicted molar refractivity (Wildman–Crippen MR) is 73.4 cm³/mol. The van der Waals surface area contributed by atoms with E-state index in [1.807, 2.05) is 24.3 Å². The molecule has 1 aromatic rings. The molecule has 1 aliphatic rings. The summed E-state index contributed by atoms with van der Waals surface area (Å²) in [6.45, 7) is 1.12. The Hall–Kier alpha value is -0.670. The van der Waals surface area contributed by atoms with Crippen LogP contribution in [0.2, 0.25) is 0 Å². The SMILES string of the molecule is CN1CCCCC1CC(=O)c1ccc(Br)cc1. The third-order valence-electron chi connectivity index (χ3n) is 3.51. The van der Waals surface area contributed by atoms with Crippen LogP contribution >= 0.6 is 15.9 Å². The highest BCUT2D eigenvalue weighted by Crippen LogP contribution is 2.20. The van der Waals surface area contributed by atoms with Gasteiger partial charge in [0.05, 0.1) is 0 Å². The molecular weight excluding hydrogens is 278 g/mol. The summed E-state index contributed by atoms with van der Waals surface area (Å²) in [5.41, 5.74) is 0.826. The fourth-order valence-corrected chi connectivity index (χ4v) is 2.63. The van der Waals surface area contributed by atoms with E-state index in [0.717, 1.165) is 23.0 Å². The molecule has 3 heteroatoms. The van der Waals surface area contributed by atoms with E-state index in [9.17, 15) is 4.79 Å². The number of piperidine rings is 1. The van der Waals surface area contributed by atoms with Gasteiger partial charge in [-0.05, 0) is 38.6 Å². The quantitative estimate of drug-likeness (QED) is 0.796. The van der Waals surface area contributed by atoms with Crippen LogP contribution in [0, 0.1) is 0 Å². The summed E-state index contributed by atoms with van der Waals surface area (Å²) >= 11 is 3.38. The minimum absolute atomic E-state index is 0.260. The molecule has 2 rings (SSSR count). The molecule has 0 aromatic heterocycles. The summed E-state index contributed by atoms with van der Waals surface area (Å²) in [5, 5.41) is 0. The maximum atomic E-state index is 12.1. The predicted octanol–water partition coefficient (Wildman–Crippen LogP) is 3.51. The number of hydrogen-bond acceptors (Lipinski definition) is 2. The topological polar surface area (TPSA) is 20.3 Å². The van der Waals surface area contributed by atoms with Crippen molar-refractivity contribution in [3.63, 3.8) is 0 Å². The third kappa shape index (κ3) is 3.39. The Balaban J connectivity index is 1.98. The van der Waals surface area contributed by atoms with Gasteiger partial charge in [-0.1, -0.05) is 34.5 Å². The lowest BCUT2D eigenvalue weighted by Gasteiger charge is -2.31. The zero-order valence-electron chi connectivity index (χ0n) is 10.2. The van der Waals surface area contributed by atoms with E-state index >= 15 is 0 Å². The van der Waals surface area contributed by atoms with E-state index in [1.54, 1.807) is 0 Å². The number of ketones is 1. The van der Waals surface area contributed by atoms with E-state index in [0.29, 0.717) is 12.5 Å². The summed E-state index contributed by atoms with van der Waals surface area (Å²) in [7, 11) is 2.12. The summed E-state index contributed by atoms with van der Waals surface area (Å²) in [6, 6.07) is 8.08. The molecule has 0 aliphatic carbocycles. The van der Waals surface area contributed by atoms with Crippen LogP contribution < -0.4 is 0 Å². The van der Waals surface area contributed by atoms with Crippen molar-refractivity contribution in [2.45, 2.75) is 31.7 Å². The number of benzene rings is 1. The second-order valence-corrected chi connectivity index (χ2v) is 5.68. The van der Waals surface area contributed by atoms with Gasteiger partial charge in [0.25, 0.3) is 0 Å². The fourth-order valence-electron chi connectivity index (χ4n) is 2.37. The highest BCUT2D eigenvalue weighted by atomic mass is 79.9. The van der Waals surface area contributed by atoms with Crippen molar-refractivity contribution in [2.24, 2.45) is 0 Å². The van der Waals surface area contributed by atoms with Gasteiger partial charge in [-0.3, -0.25) is 4.79 Å². The highest BCUT2D eigenvalue weighted by molar-refractivity contribution is 9.10. The molecule has 0 radical (unpaired) electrons. The van der Waals surface area contributed by atoms with Crippen molar-refractivity contribution in [3.05, 3.63) is 34.3 Å². The highest BCUT2D eigenvalue weighted by Gasteiger charge is 2.22.